The summed E-state index contributed by atoms with van der Waals surface area (Å²) in [6.07, 6.45) is 2.93. The van der Waals surface area contributed by atoms with E-state index in [2.05, 4.69) is 11.3 Å². The molecule has 1 unspecified atom stereocenters. The van der Waals surface area contributed by atoms with Gasteiger partial charge in [-0.25, -0.2) is 13.1 Å². The van der Waals surface area contributed by atoms with Gasteiger partial charge in [0.1, 0.15) is 0 Å². The molecule has 0 aromatic heterocycles. The van der Waals surface area contributed by atoms with Gasteiger partial charge in [0.2, 0.25) is 10.0 Å². The zero-order valence-corrected chi connectivity index (χ0v) is 9.16. The largest absolute Gasteiger partial charge is 0.481 e. The van der Waals surface area contributed by atoms with E-state index in [-0.39, 0.29) is 18.1 Å². The third-order valence-corrected chi connectivity index (χ3v) is 3.59. The van der Waals surface area contributed by atoms with Crippen molar-refractivity contribution in [2.75, 3.05) is 5.75 Å². The summed E-state index contributed by atoms with van der Waals surface area (Å²) < 4.78 is 25.2. The number of sulfonamides is 1. The third kappa shape index (κ3) is 4.44. The standard InChI is InChI=1S/C9H15NO4S/c1-2-5-15(13,14)10-8(6-9(11)12)7-3-4-7/h2,7-8,10H,1,3-6H2,(H,11,12). The Labute approximate surface area is 89.2 Å². The molecule has 0 aromatic carbocycles. The van der Waals surface area contributed by atoms with Gasteiger partial charge in [-0.15, -0.1) is 6.58 Å². The van der Waals surface area contributed by atoms with Crippen LogP contribution in [-0.2, 0) is 14.8 Å². The van der Waals surface area contributed by atoms with Crippen molar-refractivity contribution in [1.82, 2.24) is 4.72 Å². The predicted octanol–water partition coefficient (Wildman–Crippen LogP) is 0.345. The van der Waals surface area contributed by atoms with Gasteiger partial charge in [0.05, 0.1) is 12.2 Å². The molecule has 5 nitrogen and oxygen atoms in total. The van der Waals surface area contributed by atoms with Gasteiger partial charge in [-0.3, -0.25) is 4.79 Å². The molecule has 0 bridgehead atoms. The van der Waals surface area contributed by atoms with E-state index < -0.39 is 22.0 Å². The highest BCUT2D eigenvalue weighted by atomic mass is 32.2. The second-order valence-corrected chi connectivity index (χ2v) is 5.53. The molecular weight excluding hydrogens is 218 g/mol. The first kappa shape index (κ1) is 12.2. The average molecular weight is 233 g/mol. The lowest BCUT2D eigenvalue weighted by Crippen LogP contribution is -2.39. The molecule has 0 aromatic rings. The van der Waals surface area contributed by atoms with Gasteiger partial charge < -0.3 is 5.11 Å². The van der Waals surface area contributed by atoms with E-state index in [0.717, 1.165) is 12.8 Å². The Morgan fingerprint density at radius 2 is 2.20 bits per heavy atom. The van der Waals surface area contributed by atoms with E-state index in [0.29, 0.717) is 0 Å². The van der Waals surface area contributed by atoms with Crippen LogP contribution in [0.1, 0.15) is 19.3 Å². The van der Waals surface area contributed by atoms with E-state index in [1.54, 1.807) is 0 Å². The van der Waals surface area contributed by atoms with Crippen molar-refractivity contribution in [2.24, 2.45) is 5.92 Å². The maximum Gasteiger partial charge on any atom is 0.304 e. The lowest BCUT2D eigenvalue weighted by molar-refractivity contribution is -0.137. The molecule has 1 aliphatic rings. The van der Waals surface area contributed by atoms with Gasteiger partial charge in [0.15, 0.2) is 0 Å². The fraction of sp³-hybridized carbons (Fsp3) is 0.667. The molecule has 1 atom stereocenters. The number of carbonyl (C=O) groups is 1. The minimum atomic E-state index is -3.41. The summed E-state index contributed by atoms with van der Waals surface area (Å²) in [5.41, 5.74) is 0. The highest BCUT2D eigenvalue weighted by molar-refractivity contribution is 7.89. The van der Waals surface area contributed by atoms with Crippen LogP contribution in [0, 0.1) is 5.92 Å². The molecule has 86 valence electrons. The number of carboxylic acid groups (broad SMARTS) is 1. The fourth-order valence-electron chi connectivity index (χ4n) is 1.43. The summed E-state index contributed by atoms with van der Waals surface area (Å²) in [5.74, 6) is -0.968. The number of aliphatic carboxylic acids is 1. The van der Waals surface area contributed by atoms with Crippen LogP contribution < -0.4 is 4.72 Å². The van der Waals surface area contributed by atoms with Crippen molar-refractivity contribution in [3.63, 3.8) is 0 Å². The van der Waals surface area contributed by atoms with Crippen LogP contribution in [0.5, 0.6) is 0 Å². The summed E-state index contributed by atoms with van der Waals surface area (Å²) >= 11 is 0. The van der Waals surface area contributed by atoms with E-state index in [9.17, 15) is 13.2 Å². The maximum atomic E-state index is 11.4. The van der Waals surface area contributed by atoms with Crippen LogP contribution in [0.3, 0.4) is 0 Å². The number of hydrogen-bond acceptors (Lipinski definition) is 3. The molecule has 1 rings (SSSR count). The summed E-state index contributed by atoms with van der Waals surface area (Å²) in [6.45, 7) is 3.34. The normalized spacial score (nSPS) is 18.4. The zero-order valence-electron chi connectivity index (χ0n) is 8.35. The summed E-state index contributed by atoms with van der Waals surface area (Å²) in [7, 11) is -3.41. The van der Waals surface area contributed by atoms with Crippen molar-refractivity contribution < 1.29 is 18.3 Å². The Bertz CT molecular complexity index is 345. The highest BCUT2D eigenvalue weighted by Gasteiger charge is 2.34. The minimum absolute atomic E-state index is 0.152. The molecule has 0 spiro atoms. The van der Waals surface area contributed by atoms with Crippen molar-refractivity contribution in [1.29, 1.82) is 0 Å². The van der Waals surface area contributed by atoms with Gasteiger partial charge in [0, 0.05) is 6.04 Å². The quantitative estimate of drug-likeness (QED) is 0.621. The van der Waals surface area contributed by atoms with Gasteiger partial charge >= 0.3 is 5.97 Å². The number of carboxylic acids is 1. The SMILES string of the molecule is C=CCS(=O)(=O)NC(CC(=O)O)C1CC1. The molecule has 0 heterocycles. The fourth-order valence-corrected chi connectivity index (χ4v) is 2.57. The van der Waals surface area contributed by atoms with E-state index in [1.807, 2.05) is 0 Å². The molecule has 15 heavy (non-hydrogen) atoms. The van der Waals surface area contributed by atoms with Crippen LogP contribution in [-0.4, -0.2) is 31.3 Å². The summed E-state index contributed by atoms with van der Waals surface area (Å²) in [4.78, 5) is 10.5. The maximum absolute atomic E-state index is 11.4. The second-order valence-electron chi connectivity index (χ2n) is 3.73. The lowest BCUT2D eigenvalue weighted by Gasteiger charge is -2.15. The first-order valence-electron chi connectivity index (χ1n) is 4.77. The summed E-state index contributed by atoms with van der Waals surface area (Å²) in [6, 6.07) is -0.465. The highest BCUT2D eigenvalue weighted by Crippen LogP contribution is 2.34. The molecule has 0 radical (unpaired) electrons. The molecule has 1 fully saturated rings. The predicted molar refractivity (Wildman–Crippen MR) is 55.9 cm³/mol. The van der Waals surface area contributed by atoms with Gasteiger partial charge in [-0.2, -0.15) is 0 Å². The van der Waals surface area contributed by atoms with Crippen molar-refractivity contribution in [3.05, 3.63) is 12.7 Å². The molecular formula is C9H15NO4S. The van der Waals surface area contributed by atoms with Gasteiger partial charge in [-0.05, 0) is 18.8 Å². The Morgan fingerprint density at radius 1 is 1.60 bits per heavy atom. The average Bonchev–Trinajstić information content (AvgIpc) is 2.82. The van der Waals surface area contributed by atoms with Gasteiger partial charge in [0.25, 0.3) is 0 Å². The zero-order chi connectivity index (χ0) is 11.5. The van der Waals surface area contributed by atoms with Gasteiger partial charge in [-0.1, -0.05) is 6.08 Å². The smallest absolute Gasteiger partial charge is 0.304 e. The van der Waals surface area contributed by atoms with Crippen molar-refractivity contribution >= 4 is 16.0 Å². The topological polar surface area (TPSA) is 83.5 Å². The number of hydrogen-bond donors (Lipinski definition) is 2. The van der Waals surface area contributed by atoms with Crippen molar-refractivity contribution in [2.45, 2.75) is 25.3 Å². The van der Waals surface area contributed by atoms with Crippen LogP contribution in [0.25, 0.3) is 0 Å². The first-order chi connectivity index (χ1) is 6.94. The Morgan fingerprint density at radius 3 is 2.60 bits per heavy atom. The lowest BCUT2D eigenvalue weighted by atomic mass is 10.1. The van der Waals surface area contributed by atoms with E-state index >= 15 is 0 Å². The first-order valence-corrected chi connectivity index (χ1v) is 6.42. The monoisotopic (exact) mass is 233 g/mol. The van der Waals surface area contributed by atoms with E-state index in [4.69, 9.17) is 5.11 Å². The Kier molecular flexibility index (Phi) is 3.87. The summed E-state index contributed by atoms with van der Waals surface area (Å²) in [5, 5.41) is 8.63. The number of rotatable bonds is 7. The van der Waals surface area contributed by atoms with Crippen LogP contribution in [0.15, 0.2) is 12.7 Å². The molecule has 2 N–H and O–H groups in total. The van der Waals surface area contributed by atoms with E-state index in [1.165, 1.54) is 6.08 Å². The van der Waals surface area contributed by atoms with Crippen LogP contribution in [0.2, 0.25) is 0 Å². The van der Waals surface area contributed by atoms with Crippen molar-refractivity contribution in [3.8, 4) is 0 Å². The van der Waals surface area contributed by atoms with Crippen LogP contribution in [0.4, 0.5) is 0 Å². The molecule has 6 heteroatoms. The third-order valence-electron chi connectivity index (χ3n) is 2.25. The van der Waals surface area contributed by atoms with Crippen LogP contribution >= 0.6 is 0 Å². The Hall–Kier alpha value is -0.880. The molecule has 0 aliphatic heterocycles. The minimum Gasteiger partial charge on any atom is -0.481 e. The molecule has 1 saturated carbocycles. The molecule has 0 amide bonds. The Balaban J connectivity index is 2.57. The molecule has 1 aliphatic carbocycles. The number of nitrogens with one attached hydrogen (secondary N) is 1. The molecule has 0 saturated heterocycles. The second kappa shape index (κ2) is 4.76.